The molecule has 1 heterocycles. The second-order valence-electron chi connectivity index (χ2n) is 1.99. The highest BCUT2D eigenvalue weighted by Gasteiger charge is 2.14. The van der Waals surface area contributed by atoms with Gasteiger partial charge in [-0.15, -0.1) is 35.9 Å². The summed E-state index contributed by atoms with van der Waals surface area (Å²) in [5, 5.41) is 0. The van der Waals surface area contributed by atoms with Crippen molar-refractivity contribution in [3.05, 3.63) is 0 Å². The molecule has 0 aromatic rings. The van der Waals surface area contributed by atoms with Crippen molar-refractivity contribution >= 4 is 35.9 Å². The predicted molar refractivity (Wildman–Crippen MR) is 49.6 cm³/mol. The molecule has 1 nitrogen and oxygen atoms in total. The van der Waals surface area contributed by atoms with E-state index in [0.717, 1.165) is 16.1 Å². The fourth-order valence-electron chi connectivity index (χ4n) is 0.614. The molecule has 9 heavy (non-hydrogen) atoms. The third-order valence-corrected chi connectivity index (χ3v) is 4.09. The molecule has 0 aromatic heterocycles. The van der Waals surface area contributed by atoms with Gasteiger partial charge in [-0.1, -0.05) is 0 Å². The minimum Gasteiger partial charge on any atom is -0.326 e. The van der Waals surface area contributed by atoms with E-state index in [2.05, 4.69) is 6.92 Å². The van der Waals surface area contributed by atoms with Gasteiger partial charge in [-0.05, 0) is 6.92 Å². The van der Waals surface area contributed by atoms with E-state index in [1.165, 1.54) is 0 Å². The molecule has 4 heteroatoms. The summed E-state index contributed by atoms with van der Waals surface area (Å²) in [5.41, 5.74) is 5.66. The van der Waals surface area contributed by atoms with Crippen molar-refractivity contribution < 1.29 is 0 Å². The van der Waals surface area contributed by atoms with Crippen LogP contribution in [-0.2, 0) is 0 Å². The summed E-state index contributed by atoms with van der Waals surface area (Å²) >= 11 is 3.93. The van der Waals surface area contributed by atoms with Gasteiger partial charge in [0.2, 0.25) is 0 Å². The Morgan fingerprint density at radius 3 is 2.11 bits per heavy atom. The molecule has 0 aromatic carbocycles. The average Bonchev–Trinajstić information content (AvgIpc) is 1.77. The van der Waals surface area contributed by atoms with E-state index in [1.54, 1.807) is 0 Å². The first-order valence-corrected chi connectivity index (χ1v) is 4.87. The number of halogens is 1. The maximum atomic E-state index is 5.66. The van der Waals surface area contributed by atoms with Crippen molar-refractivity contribution in [2.75, 3.05) is 11.5 Å². The molecule has 1 aliphatic rings. The minimum atomic E-state index is 0. The summed E-state index contributed by atoms with van der Waals surface area (Å²) in [6, 6.07) is 0.446. The van der Waals surface area contributed by atoms with Crippen molar-refractivity contribution in [1.29, 1.82) is 0 Å². The van der Waals surface area contributed by atoms with Crippen molar-refractivity contribution in [2.24, 2.45) is 5.73 Å². The smallest absolute Gasteiger partial charge is 0.0475 e. The Kier molecular flexibility index (Phi) is 5.22. The normalized spacial score (nSPS) is 35.3. The highest BCUT2D eigenvalue weighted by Crippen LogP contribution is 2.28. The highest BCUT2D eigenvalue weighted by atomic mass is 35.5. The number of nitrogens with two attached hydrogens (primary N) is 1. The van der Waals surface area contributed by atoms with Crippen LogP contribution in [0, 0.1) is 0 Å². The molecular weight excluding hydrogens is 174 g/mol. The van der Waals surface area contributed by atoms with Crippen LogP contribution in [0.5, 0.6) is 0 Å². The Labute approximate surface area is 70.9 Å². The summed E-state index contributed by atoms with van der Waals surface area (Å²) in [6.07, 6.45) is 0. The van der Waals surface area contributed by atoms with Crippen molar-refractivity contribution in [3.63, 3.8) is 0 Å². The fourth-order valence-corrected chi connectivity index (χ4v) is 2.89. The molecule has 0 amide bonds. The Morgan fingerprint density at radius 2 is 1.78 bits per heavy atom. The summed E-state index contributed by atoms with van der Waals surface area (Å²) in [4.78, 5) is 0. The Morgan fingerprint density at radius 1 is 1.33 bits per heavy atom. The summed E-state index contributed by atoms with van der Waals surface area (Å²) in [7, 11) is 0. The van der Waals surface area contributed by atoms with Gasteiger partial charge in [0.25, 0.3) is 0 Å². The zero-order chi connectivity index (χ0) is 5.98. The molecule has 0 saturated carbocycles. The fraction of sp³-hybridized carbons (Fsp3) is 1.00. The van der Waals surface area contributed by atoms with Crippen LogP contribution < -0.4 is 5.73 Å². The zero-order valence-corrected chi connectivity index (χ0v) is 7.82. The Bertz CT molecular complexity index is 63.4. The Balaban J connectivity index is 0.000000640. The lowest BCUT2D eigenvalue weighted by Crippen LogP contribution is -2.30. The molecule has 0 spiro atoms. The first-order valence-electron chi connectivity index (χ1n) is 2.78. The molecule has 0 bridgehead atoms. The first kappa shape index (κ1) is 9.95. The molecule has 56 valence electrons. The van der Waals surface area contributed by atoms with Gasteiger partial charge in [0.1, 0.15) is 0 Å². The third kappa shape index (κ3) is 3.61. The third-order valence-electron chi connectivity index (χ3n) is 1.09. The van der Waals surface area contributed by atoms with Crippen LogP contribution in [0.2, 0.25) is 0 Å². The van der Waals surface area contributed by atoms with E-state index in [4.69, 9.17) is 5.73 Å². The SMILES string of the molecule is CC1SCC(N)CS1.Cl. The average molecular weight is 186 g/mol. The summed E-state index contributed by atoms with van der Waals surface area (Å²) in [6.45, 7) is 2.24. The van der Waals surface area contributed by atoms with E-state index in [-0.39, 0.29) is 12.4 Å². The maximum Gasteiger partial charge on any atom is 0.0475 e. The van der Waals surface area contributed by atoms with Crippen LogP contribution in [-0.4, -0.2) is 22.1 Å². The standard InChI is InChI=1S/C5H11NS2.ClH/c1-4-7-2-5(6)3-8-4;/h4-5H,2-3,6H2,1H3;1H. The van der Waals surface area contributed by atoms with E-state index >= 15 is 0 Å². The lowest BCUT2D eigenvalue weighted by Gasteiger charge is -2.21. The minimum absolute atomic E-state index is 0. The molecule has 2 N–H and O–H groups in total. The van der Waals surface area contributed by atoms with Crippen molar-refractivity contribution in [3.8, 4) is 0 Å². The number of hydrogen-bond acceptors (Lipinski definition) is 3. The molecule has 1 fully saturated rings. The molecule has 1 aliphatic heterocycles. The Hall–Kier alpha value is 0.950. The van der Waals surface area contributed by atoms with Gasteiger partial charge in [0, 0.05) is 22.1 Å². The first-order chi connectivity index (χ1) is 3.79. The zero-order valence-electron chi connectivity index (χ0n) is 5.37. The van der Waals surface area contributed by atoms with E-state index < -0.39 is 0 Å². The topological polar surface area (TPSA) is 26.0 Å². The second-order valence-corrected chi connectivity index (χ2v) is 5.04. The highest BCUT2D eigenvalue weighted by molar-refractivity contribution is 8.17. The van der Waals surface area contributed by atoms with Crippen LogP contribution in [0.1, 0.15) is 6.92 Å². The summed E-state index contributed by atoms with van der Waals surface area (Å²) < 4.78 is 0.773. The number of hydrogen-bond donors (Lipinski definition) is 1. The van der Waals surface area contributed by atoms with Crippen LogP contribution in [0.25, 0.3) is 0 Å². The monoisotopic (exact) mass is 185 g/mol. The van der Waals surface area contributed by atoms with Gasteiger partial charge < -0.3 is 5.73 Å². The van der Waals surface area contributed by atoms with Crippen molar-refractivity contribution in [2.45, 2.75) is 17.5 Å². The van der Waals surface area contributed by atoms with Gasteiger partial charge in [0.05, 0.1) is 0 Å². The molecule has 1 saturated heterocycles. The maximum absolute atomic E-state index is 5.66. The van der Waals surface area contributed by atoms with Crippen LogP contribution >= 0.6 is 35.9 Å². The predicted octanol–water partition coefficient (Wildman–Crippen LogP) is 1.56. The molecule has 0 atom stereocenters. The van der Waals surface area contributed by atoms with Gasteiger partial charge >= 0.3 is 0 Å². The van der Waals surface area contributed by atoms with E-state index in [1.807, 2.05) is 23.5 Å². The number of thioether (sulfide) groups is 2. The van der Waals surface area contributed by atoms with Gasteiger partial charge in [0.15, 0.2) is 0 Å². The van der Waals surface area contributed by atoms with Gasteiger partial charge in [-0.25, -0.2) is 0 Å². The summed E-state index contributed by atoms with van der Waals surface area (Å²) in [5.74, 6) is 2.29. The van der Waals surface area contributed by atoms with Crippen LogP contribution in [0.3, 0.4) is 0 Å². The largest absolute Gasteiger partial charge is 0.326 e. The molecule has 0 aliphatic carbocycles. The second kappa shape index (κ2) is 4.72. The van der Waals surface area contributed by atoms with Gasteiger partial charge in [-0.2, -0.15) is 0 Å². The van der Waals surface area contributed by atoms with Crippen molar-refractivity contribution in [1.82, 2.24) is 0 Å². The van der Waals surface area contributed by atoms with Gasteiger partial charge in [-0.3, -0.25) is 0 Å². The van der Waals surface area contributed by atoms with Crippen LogP contribution in [0.4, 0.5) is 0 Å². The van der Waals surface area contributed by atoms with Crippen LogP contribution in [0.15, 0.2) is 0 Å². The molecule has 0 radical (unpaired) electrons. The number of rotatable bonds is 0. The lowest BCUT2D eigenvalue weighted by atomic mass is 10.4. The molecular formula is C5H12ClNS2. The molecule has 0 unspecified atom stereocenters. The van der Waals surface area contributed by atoms with E-state index in [0.29, 0.717) is 6.04 Å². The lowest BCUT2D eigenvalue weighted by molar-refractivity contribution is 0.852. The quantitative estimate of drug-likeness (QED) is 0.621. The molecule has 1 rings (SSSR count). The van der Waals surface area contributed by atoms with E-state index in [9.17, 15) is 0 Å².